The zero-order chi connectivity index (χ0) is 14.6. The summed E-state index contributed by atoms with van der Waals surface area (Å²) in [7, 11) is -1.49. The van der Waals surface area contributed by atoms with Crippen LogP contribution in [0, 0.1) is 0 Å². The van der Waals surface area contributed by atoms with E-state index >= 15 is 0 Å². The second kappa shape index (κ2) is 6.67. The summed E-state index contributed by atoms with van der Waals surface area (Å²) in [6.07, 6.45) is 0.847. The molecular weight excluding hydrogens is 276 g/mol. The molecule has 1 unspecified atom stereocenters. The molecule has 0 aliphatic carbocycles. The van der Waals surface area contributed by atoms with Gasteiger partial charge in [-0.25, -0.2) is 8.42 Å². The fourth-order valence-corrected chi connectivity index (χ4v) is 3.75. The number of rotatable bonds is 5. The average Bonchev–Trinajstić information content (AvgIpc) is 2.45. The third-order valence-electron chi connectivity index (χ3n) is 3.43. The second-order valence-electron chi connectivity index (χ2n) is 5.04. The maximum Gasteiger partial charge on any atom is 0.243 e. The molecule has 1 heterocycles. The summed E-state index contributed by atoms with van der Waals surface area (Å²) in [5.74, 6) is 0. The van der Waals surface area contributed by atoms with Crippen LogP contribution in [0.3, 0.4) is 0 Å². The van der Waals surface area contributed by atoms with Crippen molar-refractivity contribution in [2.24, 2.45) is 0 Å². The summed E-state index contributed by atoms with van der Waals surface area (Å²) >= 11 is 0. The lowest BCUT2D eigenvalue weighted by Gasteiger charge is -2.30. The molecule has 1 atom stereocenters. The van der Waals surface area contributed by atoms with Gasteiger partial charge in [0.05, 0.1) is 17.6 Å². The smallest absolute Gasteiger partial charge is 0.243 e. The van der Waals surface area contributed by atoms with Gasteiger partial charge in [0.2, 0.25) is 10.0 Å². The van der Waals surface area contributed by atoms with Crippen molar-refractivity contribution in [3.05, 3.63) is 29.8 Å². The van der Waals surface area contributed by atoms with Crippen molar-refractivity contribution < 1.29 is 13.2 Å². The molecule has 0 aromatic heterocycles. The van der Waals surface area contributed by atoms with E-state index in [0.717, 1.165) is 18.5 Å². The lowest BCUT2D eigenvalue weighted by molar-refractivity contribution is 0.0102. The molecule has 2 rings (SSSR count). The van der Waals surface area contributed by atoms with Gasteiger partial charge >= 0.3 is 0 Å². The molecule has 0 spiro atoms. The molecule has 0 amide bonds. The standard InChI is InChI=1S/C14H22N2O3S/c1-12-11-16(9-10-19-12)20(17,18)14-5-3-13(4-6-14)7-8-15-2/h3-6,12,15H,7-11H2,1-2H3. The largest absolute Gasteiger partial charge is 0.376 e. The number of hydrogen-bond donors (Lipinski definition) is 1. The molecule has 1 aliphatic heterocycles. The van der Waals surface area contributed by atoms with Crippen LogP contribution in [0.15, 0.2) is 29.2 Å². The van der Waals surface area contributed by atoms with Crippen molar-refractivity contribution in [1.29, 1.82) is 0 Å². The lowest BCUT2D eigenvalue weighted by atomic mass is 10.1. The van der Waals surface area contributed by atoms with Crippen LogP contribution in [0.2, 0.25) is 0 Å². The van der Waals surface area contributed by atoms with Gasteiger partial charge in [-0.05, 0) is 44.6 Å². The normalized spacial score (nSPS) is 21.0. The van der Waals surface area contributed by atoms with Crippen LogP contribution in [0.1, 0.15) is 12.5 Å². The van der Waals surface area contributed by atoms with E-state index < -0.39 is 10.0 Å². The first-order valence-electron chi connectivity index (χ1n) is 6.89. The van der Waals surface area contributed by atoms with Crippen molar-refractivity contribution in [2.45, 2.75) is 24.3 Å². The van der Waals surface area contributed by atoms with Crippen LogP contribution in [0.25, 0.3) is 0 Å². The van der Waals surface area contributed by atoms with Crippen LogP contribution in [0.4, 0.5) is 0 Å². The Morgan fingerprint density at radius 2 is 2.05 bits per heavy atom. The Bertz CT molecular complexity index is 528. The number of ether oxygens (including phenoxy) is 1. The van der Waals surface area contributed by atoms with Gasteiger partial charge in [-0.3, -0.25) is 0 Å². The molecule has 112 valence electrons. The number of morpholine rings is 1. The Balaban J connectivity index is 2.12. The fraction of sp³-hybridized carbons (Fsp3) is 0.571. The number of likely N-dealkylation sites (N-methyl/N-ethyl adjacent to an activating group) is 1. The van der Waals surface area contributed by atoms with Crippen molar-refractivity contribution in [1.82, 2.24) is 9.62 Å². The minimum absolute atomic E-state index is 0.0478. The van der Waals surface area contributed by atoms with Crippen molar-refractivity contribution >= 4 is 10.0 Å². The SMILES string of the molecule is CNCCc1ccc(S(=O)(=O)N2CCOC(C)C2)cc1. The van der Waals surface area contributed by atoms with E-state index in [0.29, 0.717) is 24.6 Å². The molecule has 1 fully saturated rings. The van der Waals surface area contributed by atoms with Gasteiger partial charge in [-0.1, -0.05) is 12.1 Å². The highest BCUT2D eigenvalue weighted by Crippen LogP contribution is 2.19. The molecule has 0 radical (unpaired) electrons. The number of nitrogens with zero attached hydrogens (tertiary/aromatic N) is 1. The molecular formula is C14H22N2O3S. The van der Waals surface area contributed by atoms with E-state index in [9.17, 15) is 8.42 Å². The van der Waals surface area contributed by atoms with Crippen LogP contribution in [-0.2, 0) is 21.2 Å². The van der Waals surface area contributed by atoms with Gasteiger partial charge in [0.25, 0.3) is 0 Å². The van der Waals surface area contributed by atoms with Crippen molar-refractivity contribution in [3.63, 3.8) is 0 Å². The molecule has 20 heavy (non-hydrogen) atoms. The first kappa shape index (κ1) is 15.4. The fourth-order valence-electron chi connectivity index (χ4n) is 2.25. The minimum Gasteiger partial charge on any atom is -0.376 e. The summed E-state index contributed by atoms with van der Waals surface area (Å²) < 4.78 is 31.9. The zero-order valence-electron chi connectivity index (χ0n) is 12.0. The zero-order valence-corrected chi connectivity index (χ0v) is 12.8. The Labute approximate surface area is 121 Å². The summed E-state index contributed by atoms with van der Waals surface area (Å²) in [5.41, 5.74) is 1.13. The first-order chi connectivity index (χ1) is 9.54. The van der Waals surface area contributed by atoms with E-state index in [1.165, 1.54) is 4.31 Å². The van der Waals surface area contributed by atoms with Gasteiger partial charge in [-0.2, -0.15) is 4.31 Å². The Morgan fingerprint density at radius 1 is 1.35 bits per heavy atom. The summed E-state index contributed by atoms with van der Waals surface area (Å²) in [6, 6.07) is 7.16. The molecule has 0 saturated carbocycles. The van der Waals surface area contributed by atoms with Gasteiger partial charge in [0.15, 0.2) is 0 Å². The third kappa shape index (κ3) is 3.58. The number of sulfonamides is 1. The van der Waals surface area contributed by atoms with Crippen LogP contribution in [-0.4, -0.2) is 52.1 Å². The van der Waals surface area contributed by atoms with E-state index in [2.05, 4.69) is 5.32 Å². The monoisotopic (exact) mass is 298 g/mol. The maximum atomic E-state index is 12.5. The van der Waals surface area contributed by atoms with Crippen LogP contribution < -0.4 is 5.32 Å². The van der Waals surface area contributed by atoms with Gasteiger partial charge in [0.1, 0.15) is 0 Å². The molecule has 0 bridgehead atoms. The molecule has 5 nitrogen and oxygen atoms in total. The van der Waals surface area contributed by atoms with Crippen LogP contribution in [0.5, 0.6) is 0 Å². The van der Waals surface area contributed by atoms with Gasteiger partial charge in [0, 0.05) is 13.1 Å². The highest BCUT2D eigenvalue weighted by molar-refractivity contribution is 7.89. The maximum absolute atomic E-state index is 12.5. The highest BCUT2D eigenvalue weighted by Gasteiger charge is 2.28. The Kier molecular flexibility index (Phi) is 5.15. The predicted octanol–water partition coefficient (Wildman–Crippen LogP) is 0.858. The van der Waals surface area contributed by atoms with Gasteiger partial charge in [-0.15, -0.1) is 0 Å². The average molecular weight is 298 g/mol. The van der Waals surface area contributed by atoms with E-state index in [1.54, 1.807) is 12.1 Å². The number of benzene rings is 1. The lowest BCUT2D eigenvalue weighted by Crippen LogP contribution is -2.44. The van der Waals surface area contributed by atoms with Crippen molar-refractivity contribution in [3.8, 4) is 0 Å². The predicted molar refractivity (Wildman–Crippen MR) is 78.2 cm³/mol. The quantitative estimate of drug-likeness (QED) is 0.876. The summed E-state index contributed by atoms with van der Waals surface area (Å²) in [6.45, 7) is 4.08. The Morgan fingerprint density at radius 3 is 2.65 bits per heavy atom. The van der Waals surface area contributed by atoms with Crippen molar-refractivity contribution in [2.75, 3.05) is 33.3 Å². The van der Waals surface area contributed by atoms with E-state index in [1.807, 2.05) is 26.1 Å². The highest BCUT2D eigenvalue weighted by atomic mass is 32.2. The molecule has 1 aromatic rings. The Hall–Kier alpha value is -0.950. The van der Waals surface area contributed by atoms with Crippen LogP contribution >= 0.6 is 0 Å². The topological polar surface area (TPSA) is 58.6 Å². The van der Waals surface area contributed by atoms with E-state index in [4.69, 9.17) is 4.74 Å². The molecule has 6 heteroatoms. The number of hydrogen-bond acceptors (Lipinski definition) is 4. The summed E-state index contributed by atoms with van der Waals surface area (Å²) in [4.78, 5) is 0.361. The molecule has 1 aromatic carbocycles. The second-order valence-corrected chi connectivity index (χ2v) is 6.98. The molecule has 1 N–H and O–H groups in total. The minimum atomic E-state index is -3.39. The summed E-state index contributed by atoms with van der Waals surface area (Å²) in [5, 5.41) is 3.08. The van der Waals surface area contributed by atoms with E-state index in [-0.39, 0.29) is 6.10 Å². The third-order valence-corrected chi connectivity index (χ3v) is 5.31. The first-order valence-corrected chi connectivity index (χ1v) is 8.33. The molecule has 1 saturated heterocycles. The number of nitrogens with one attached hydrogen (secondary N) is 1. The molecule has 1 aliphatic rings. The van der Waals surface area contributed by atoms with Gasteiger partial charge < -0.3 is 10.1 Å².